The number of nitrogens with two attached hydrogens (primary N) is 1. The van der Waals surface area contributed by atoms with Crippen LogP contribution in [0.15, 0.2) is 41.1 Å². The number of carbonyl (C=O) groups is 1. The highest BCUT2D eigenvalue weighted by molar-refractivity contribution is 7.07. The number of likely N-dealkylation sites (N-methyl/N-ethyl adjacent to an activating group) is 1. The molecule has 0 spiro atoms. The van der Waals surface area contributed by atoms with Crippen LogP contribution in [0.1, 0.15) is 42.6 Å². The van der Waals surface area contributed by atoms with Crippen molar-refractivity contribution in [1.82, 2.24) is 10.2 Å². The summed E-state index contributed by atoms with van der Waals surface area (Å²) < 4.78 is 0. The van der Waals surface area contributed by atoms with Crippen molar-refractivity contribution >= 4 is 42.1 Å². The van der Waals surface area contributed by atoms with Crippen molar-refractivity contribution in [2.75, 3.05) is 19.6 Å². The molecule has 2 unspecified atom stereocenters. The molecule has 2 atom stereocenters. The molecule has 0 bridgehead atoms. The molecule has 0 fully saturated rings. The van der Waals surface area contributed by atoms with E-state index in [2.05, 4.69) is 40.9 Å². The van der Waals surface area contributed by atoms with Crippen LogP contribution < -0.4 is 11.1 Å². The second kappa shape index (κ2) is 12.3. The molecule has 0 aliphatic heterocycles. The van der Waals surface area contributed by atoms with Gasteiger partial charge >= 0.3 is 0 Å². The van der Waals surface area contributed by atoms with Crippen LogP contribution in [0.2, 0.25) is 0 Å². The van der Waals surface area contributed by atoms with Crippen LogP contribution in [-0.2, 0) is 4.79 Å². The molecule has 0 saturated carbocycles. The Kier molecular flexibility index (Phi) is 11.8. The molecule has 3 N–H and O–H groups in total. The average Bonchev–Trinajstić information content (AvgIpc) is 3.12. The molecule has 7 heteroatoms. The van der Waals surface area contributed by atoms with Gasteiger partial charge in [0.1, 0.15) is 6.04 Å². The van der Waals surface area contributed by atoms with Gasteiger partial charge in [0, 0.05) is 6.54 Å². The predicted molar refractivity (Wildman–Crippen MR) is 116 cm³/mol. The Morgan fingerprint density at radius 2 is 1.73 bits per heavy atom. The normalized spacial score (nSPS) is 12.7. The molecule has 0 aliphatic carbocycles. The number of thiophene rings is 1. The number of aryl methyl sites for hydroxylation is 1. The zero-order valence-electron chi connectivity index (χ0n) is 15.5. The molecule has 1 heterocycles. The fourth-order valence-electron chi connectivity index (χ4n) is 2.82. The number of hydrogen-bond acceptors (Lipinski definition) is 4. The molecular weight excluding hydrogens is 389 g/mol. The van der Waals surface area contributed by atoms with E-state index < -0.39 is 6.04 Å². The number of rotatable bonds is 8. The number of nitrogens with zero attached hydrogens (tertiary/aromatic N) is 1. The van der Waals surface area contributed by atoms with Crippen molar-refractivity contribution in [2.45, 2.75) is 32.9 Å². The van der Waals surface area contributed by atoms with Crippen molar-refractivity contribution in [3.8, 4) is 0 Å². The van der Waals surface area contributed by atoms with E-state index >= 15 is 0 Å². The van der Waals surface area contributed by atoms with E-state index in [-0.39, 0.29) is 36.8 Å². The smallest absolute Gasteiger partial charge is 0.241 e. The second-order valence-corrected chi connectivity index (χ2v) is 6.71. The summed E-state index contributed by atoms with van der Waals surface area (Å²) in [5, 5.41) is 7.25. The first-order chi connectivity index (χ1) is 11.6. The van der Waals surface area contributed by atoms with Crippen LogP contribution in [0.5, 0.6) is 0 Å². The number of carbonyl (C=O) groups excluding carboxylic acids is 1. The molecule has 0 aliphatic rings. The van der Waals surface area contributed by atoms with Gasteiger partial charge in [-0.05, 0) is 48.0 Å². The van der Waals surface area contributed by atoms with E-state index in [4.69, 9.17) is 5.73 Å². The minimum absolute atomic E-state index is 0. The quantitative estimate of drug-likeness (QED) is 0.679. The van der Waals surface area contributed by atoms with E-state index in [9.17, 15) is 4.79 Å². The summed E-state index contributed by atoms with van der Waals surface area (Å²) in [6.07, 6.45) is 0. The molecule has 0 saturated heterocycles. The van der Waals surface area contributed by atoms with Gasteiger partial charge in [0.2, 0.25) is 5.91 Å². The van der Waals surface area contributed by atoms with Gasteiger partial charge in [0.25, 0.3) is 0 Å². The topological polar surface area (TPSA) is 58.4 Å². The van der Waals surface area contributed by atoms with Crippen molar-refractivity contribution in [3.05, 3.63) is 57.8 Å². The number of benzene rings is 1. The molecule has 4 nitrogen and oxygen atoms in total. The summed E-state index contributed by atoms with van der Waals surface area (Å²) in [4.78, 5) is 14.8. The third-order valence-electron chi connectivity index (χ3n) is 4.37. The van der Waals surface area contributed by atoms with E-state index in [0.717, 1.165) is 24.2 Å². The minimum Gasteiger partial charge on any atom is -0.353 e. The molecule has 2 aromatic rings. The highest BCUT2D eigenvalue weighted by Crippen LogP contribution is 2.22. The highest BCUT2D eigenvalue weighted by atomic mass is 35.5. The first-order valence-electron chi connectivity index (χ1n) is 8.42. The summed E-state index contributed by atoms with van der Waals surface area (Å²) in [6.45, 7) is 8.75. The molecule has 0 radical (unpaired) electrons. The first kappa shape index (κ1) is 24.9. The monoisotopic (exact) mass is 417 g/mol. The van der Waals surface area contributed by atoms with Crippen LogP contribution in [0.25, 0.3) is 0 Å². The van der Waals surface area contributed by atoms with Gasteiger partial charge in [-0.15, -0.1) is 24.8 Å². The van der Waals surface area contributed by atoms with Crippen molar-refractivity contribution in [2.24, 2.45) is 5.73 Å². The lowest BCUT2D eigenvalue weighted by Gasteiger charge is -2.30. The third kappa shape index (κ3) is 6.56. The van der Waals surface area contributed by atoms with Gasteiger partial charge in [-0.25, -0.2) is 0 Å². The van der Waals surface area contributed by atoms with Crippen molar-refractivity contribution in [3.63, 3.8) is 0 Å². The molecule has 146 valence electrons. The Balaban J connectivity index is 0.00000312. The SMILES string of the molecule is CCN(CC)C(CNC(=O)C(N)c1ccc(C)cc1)c1ccsc1.Cl.Cl. The van der Waals surface area contributed by atoms with E-state index in [1.54, 1.807) is 11.3 Å². The zero-order valence-corrected chi connectivity index (χ0v) is 17.9. The van der Waals surface area contributed by atoms with Crippen molar-refractivity contribution < 1.29 is 4.79 Å². The van der Waals surface area contributed by atoms with Gasteiger partial charge in [-0.1, -0.05) is 43.7 Å². The fourth-order valence-corrected chi connectivity index (χ4v) is 3.53. The van der Waals surface area contributed by atoms with Gasteiger partial charge in [0.05, 0.1) is 6.04 Å². The first-order valence-corrected chi connectivity index (χ1v) is 9.37. The maximum atomic E-state index is 12.4. The number of halogens is 2. The molecular formula is C19H29Cl2N3OS. The summed E-state index contributed by atoms with van der Waals surface area (Å²) in [6, 6.07) is 9.46. The Hall–Kier alpha value is -1.11. The molecule has 1 amide bonds. The van der Waals surface area contributed by atoms with Crippen LogP contribution in [0.4, 0.5) is 0 Å². The molecule has 1 aromatic heterocycles. The van der Waals surface area contributed by atoms with E-state index in [1.807, 2.05) is 31.2 Å². The largest absolute Gasteiger partial charge is 0.353 e. The number of hydrogen-bond donors (Lipinski definition) is 2. The number of nitrogens with one attached hydrogen (secondary N) is 1. The van der Waals surface area contributed by atoms with Gasteiger partial charge < -0.3 is 11.1 Å². The zero-order chi connectivity index (χ0) is 17.5. The highest BCUT2D eigenvalue weighted by Gasteiger charge is 2.21. The summed E-state index contributed by atoms with van der Waals surface area (Å²) in [7, 11) is 0. The fraction of sp³-hybridized carbons (Fsp3) is 0.421. The summed E-state index contributed by atoms with van der Waals surface area (Å²) in [5.74, 6) is -0.133. The second-order valence-electron chi connectivity index (χ2n) is 5.93. The van der Waals surface area contributed by atoms with Crippen LogP contribution in [0.3, 0.4) is 0 Å². The predicted octanol–water partition coefficient (Wildman–Crippen LogP) is 4.10. The molecule has 26 heavy (non-hydrogen) atoms. The van der Waals surface area contributed by atoms with Gasteiger partial charge in [-0.3, -0.25) is 9.69 Å². The third-order valence-corrected chi connectivity index (χ3v) is 5.07. The van der Waals surface area contributed by atoms with Crippen molar-refractivity contribution in [1.29, 1.82) is 0 Å². The summed E-state index contributed by atoms with van der Waals surface area (Å²) in [5.41, 5.74) is 9.35. The Morgan fingerprint density at radius 3 is 2.23 bits per heavy atom. The van der Waals surface area contributed by atoms with E-state index in [1.165, 1.54) is 5.56 Å². The van der Waals surface area contributed by atoms with Crippen LogP contribution in [-0.4, -0.2) is 30.4 Å². The number of amides is 1. The maximum Gasteiger partial charge on any atom is 0.241 e. The molecule has 2 rings (SSSR count). The average molecular weight is 418 g/mol. The lowest BCUT2D eigenvalue weighted by molar-refractivity contribution is -0.122. The molecule has 1 aromatic carbocycles. The van der Waals surface area contributed by atoms with Crippen LogP contribution in [0, 0.1) is 6.92 Å². The maximum absolute atomic E-state index is 12.4. The van der Waals surface area contributed by atoms with Crippen LogP contribution >= 0.6 is 36.2 Å². The van der Waals surface area contributed by atoms with Gasteiger partial charge in [-0.2, -0.15) is 11.3 Å². The standard InChI is InChI=1S/C19H27N3OS.2ClH/c1-4-22(5-2)17(16-10-11-24-13-16)12-21-19(23)18(20)15-8-6-14(3)7-9-15;;/h6-11,13,17-18H,4-5,12,20H2,1-3H3,(H,21,23);2*1H. The lowest BCUT2D eigenvalue weighted by Crippen LogP contribution is -2.41. The minimum atomic E-state index is -0.634. The van der Waals surface area contributed by atoms with Gasteiger partial charge in [0.15, 0.2) is 0 Å². The Labute approximate surface area is 173 Å². The lowest BCUT2D eigenvalue weighted by atomic mass is 10.0. The Bertz CT molecular complexity index is 631. The summed E-state index contributed by atoms with van der Waals surface area (Å²) >= 11 is 1.68. The van der Waals surface area contributed by atoms with E-state index in [0.29, 0.717) is 6.54 Å². The Morgan fingerprint density at radius 1 is 1.12 bits per heavy atom.